The van der Waals surface area contributed by atoms with Crippen molar-refractivity contribution in [2.24, 2.45) is 0 Å². The third-order valence-corrected chi connectivity index (χ3v) is 6.84. The van der Waals surface area contributed by atoms with Gasteiger partial charge >= 0.3 is 0 Å². The van der Waals surface area contributed by atoms with E-state index in [9.17, 15) is 8.42 Å². The summed E-state index contributed by atoms with van der Waals surface area (Å²) in [6.07, 6.45) is 6.36. The van der Waals surface area contributed by atoms with Gasteiger partial charge in [-0.1, -0.05) is 35.5 Å². The lowest BCUT2D eigenvalue weighted by atomic mass is 10.1. The van der Waals surface area contributed by atoms with Gasteiger partial charge in [0.05, 0.1) is 11.3 Å². The molecule has 0 aliphatic carbocycles. The molecule has 1 aromatic carbocycles. The maximum absolute atomic E-state index is 12.9. The van der Waals surface area contributed by atoms with Crippen molar-refractivity contribution in [2.75, 3.05) is 6.54 Å². The number of hydrogen-bond donors (Lipinski definition) is 0. The van der Waals surface area contributed by atoms with E-state index in [1.807, 2.05) is 42.5 Å². The van der Waals surface area contributed by atoms with E-state index in [0.717, 1.165) is 24.0 Å². The van der Waals surface area contributed by atoms with Gasteiger partial charge in [-0.15, -0.1) is 0 Å². The molecule has 28 heavy (non-hydrogen) atoms. The molecule has 7 nitrogen and oxygen atoms in total. The maximum Gasteiger partial charge on any atom is 0.259 e. The van der Waals surface area contributed by atoms with Crippen LogP contribution in [-0.2, 0) is 22.2 Å². The van der Waals surface area contributed by atoms with E-state index in [0.29, 0.717) is 31.1 Å². The minimum Gasteiger partial charge on any atom is -0.334 e. The first kappa shape index (κ1) is 18.8. The molecular formula is C20H22N4O3S. The van der Waals surface area contributed by atoms with E-state index < -0.39 is 10.0 Å². The summed E-state index contributed by atoms with van der Waals surface area (Å²) in [6, 6.07) is 13.0. The van der Waals surface area contributed by atoms with Crippen molar-refractivity contribution < 1.29 is 12.9 Å². The number of rotatable bonds is 7. The summed E-state index contributed by atoms with van der Waals surface area (Å²) in [7, 11) is -3.34. The highest BCUT2D eigenvalue weighted by molar-refractivity contribution is 7.88. The monoisotopic (exact) mass is 398 g/mol. The van der Waals surface area contributed by atoms with Gasteiger partial charge in [0.2, 0.25) is 10.0 Å². The minimum absolute atomic E-state index is 0.0194. The third-order valence-electron chi connectivity index (χ3n) is 4.95. The Kier molecular flexibility index (Phi) is 5.50. The van der Waals surface area contributed by atoms with E-state index in [2.05, 4.69) is 15.1 Å². The molecule has 0 radical (unpaired) electrons. The Bertz CT molecular complexity index is 1010. The Labute approximate surface area is 164 Å². The minimum atomic E-state index is -3.34. The van der Waals surface area contributed by atoms with Crippen molar-refractivity contribution in [3.8, 4) is 11.5 Å². The van der Waals surface area contributed by atoms with Gasteiger partial charge in [0.15, 0.2) is 5.82 Å². The smallest absolute Gasteiger partial charge is 0.259 e. The Hall–Kier alpha value is -2.58. The summed E-state index contributed by atoms with van der Waals surface area (Å²) >= 11 is 0. The summed E-state index contributed by atoms with van der Waals surface area (Å²) in [5, 5.41) is 4.03. The summed E-state index contributed by atoms with van der Waals surface area (Å²) in [5.41, 5.74) is 1.58. The molecule has 1 fully saturated rings. The molecule has 0 saturated carbocycles. The number of aromatic nitrogens is 3. The van der Waals surface area contributed by atoms with Crippen LogP contribution in [0.5, 0.6) is 0 Å². The van der Waals surface area contributed by atoms with Crippen LogP contribution in [0.1, 0.15) is 30.7 Å². The van der Waals surface area contributed by atoms with Gasteiger partial charge in [0, 0.05) is 31.4 Å². The molecule has 3 heterocycles. The van der Waals surface area contributed by atoms with Crippen LogP contribution >= 0.6 is 0 Å². The number of pyridine rings is 1. The highest BCUT2D eigenvalue weighted by Gasteiger charge is 2.34. The van der Waals surface area contributed by atoms with Crippen molar-refractivity contribution in [1.29, 1.82) is 0 Å². The first-order chi connectivity index (χ1) is 13.6. The molecule has 1 aliphatic heterocycles. The fourth-order valence-electron chi connectivity index (χ4n) is 3.59. The summed E-state index contributed by atoms with van der Waals surface area (Å²) in [4.78, 5) is 8.46. The number of sulfonamides is 1. The van der Waals surface area contributed by atoms with Gasteiger partial charge in [-0.3, -0.25) is 4.98 Å². The van der Waals surface area contributed by atoms with Gasteiger partial charge in [-0.25, -0.2) is 8.42 Å². The lowest BCUT2D eigenvalue weighted by molar-refractivity contribution is 0.364. The molecule has 1 unspecified atom stereocenters. The van der Waals surface area contributed by atoms with Crippen molar-refractivity contribution in [1.82, 2.24) is 19.4 Å². The van der Waals surface area contributed by atoms with E-state index in [4.69, 9.17) is 4.52 Å². The summed E-state index contributed by atoms with van der Waals surface area (Å²) in [6.45, 7) is 0.576. The van der Waals surface area contributed by atoms with Crippen molar-refractivity contribution in [3.05, 3.63) is 66.2 Å². The Morgan fingerprint density at radius 2 is 2.00 bits per heavy atom. The molecular weight excluding hydrogens is 376 g/mol. The standard InChI is InChI=1S/C20H22N4O3S/c25-28(26,15-16-6-2-1-3-7-16)24-13-5-9-18(24)10-11-19-22-20(27-23-19)17-8-4-12-21-14-17/h1-4,6-8,12,14,18H,5,9-11,13,15H2. The van der Waals surface area contributed by atoms with Crippen LogP contribution in [0.2, 0.25) is 0 Å². The number of aryl methyl sites for hydroxylation is 1. The van der Waals surface area contributed by atoms with E-state index >= 15 is 0 Å². The van der Waals surface area contributed by atoms with Gasteiger partial charge in [-0.05, 0) is 37.0 Å². The summed E-state index contributed by atoms with van der Waals surface area (Å²) in [5.74, 6) is 1.06. The highest BCUT2D eigenvalue weighted by atomic mass is 32.2. The Balaban J connectivity index is 1.40. The van der Waals surface area contributed by atoms with Crippen molar-refractivity contribution in [3.63, 3.8) is 0 Å². The molecule has 3 aromatic rings. The highest BCUT2D eigenvalue weighted by Crippen LogP contribution is 2.27. The molecule has 0 spiro atoms. The van der Waals surface area contributed by atoms with Gasteiger partial charge < -0.3 is 4.52 Å². The molecule has 1 saturated heterocycles. The van der Waals surface area contributed by atoms with Crippen LogP contribution in [0, 0.1) is 0 Å². The van der Waals surface area contributed by atoms with Crippen LogP contribution in [0.3, 0.4) is 0 Å². The van der Waals surface area contributed by atoms with Crippen molar-refractivity contribution >= 4 is 10.0 Å². The quantitative estimate of drug-likeness (QED) is 0.608. The molecule has 1 aliphatic rings. The predicted molar refractivity (Wildman–Crippen MR) is 105 cm³/mol. The third kappa shape index (κ3) is 4.28. The average molecular weight is 398 g/mol. The largest absolute Gasteiger partial charge is 0.334 e. The molecule has 8 heteroatoms. The molecule has 146 valence electrons. The molecule has 0 N–H and O–H groups in total. The zero-order valence-corrected chi connectivity index (χ0v) is 16.3. The van der Waals surface area contributed by atoms with Crippen LogP contribution < -0.4 is 0 Å². The average Bonchev–Trinajstić information content (AvgIpc) is 3.37. The fourth-order valence-corrected chi connectivity index (χ4v) is 5.44. The first-order valence-electron chi connectivity index (χ1n) is 9.38. The van der Waals surface area contributed by atoms with E-state index in [1.54, 1.807) is 16.7 Å². The van der Waals surface area contributed by atoms with Gasteiger partial charge in [-0.2, -0.15) is 9.29 Å². The maximum atomic E-state index is 12.9. The summed E-state index contributed by atoms with van der Waals surface area (Å²) < 4.78 is 32.7. The lowest BCUT2D eigenvalue weighted by Crippen LogP contribution is -2.36. The second kappa shape index (κ2) is 8.20. The van der Waals surface area contributed by atoms with E-state index in [-0.39, 0.29) is 11.8 Å². The molecule has 0 bridgehead atoms. The Morgan fingerprint density at radius 1 is 1.14 bits per heavy atom. The predicted octanol–water partition coefficient (Wildman–Crippen LogP) is 3.06. The number of nitrogens with zero attached hydrogens (tertiary/aromatic N) is 4. The van der Waals surface area contributed by atoms with Crippen LogP contribution in [0.25, 0.3) is 11.5 Å². The molecule has 0 amide bonds. The van der Waals surface area contributed by atoms with Crippen molar-refractivity contribution in [2.45, 2.75) is 37.5 Å². The lowest BCUT2D eigenvalue weighted by Gasteiger charge is -2.23. The second-order valence-corrected chi connectivity index (χ2v) is 8.87. The zero-order chi connectivity index (χ0) is 19.4. The van der Waals surface area contributed by atoms with Crippen LogP contribution in [-0.4, -0.2) is 40.4 Å². The number of hydrogen-bond acceptors (Lipinski definition) is 6. The fraction of sp³-hybridized carbons (Fsp3) is 0.350. The van der Waals surface area contributed by atoms with Gasteiger partial charge in [0.25, 0.3) is 5.89 Å². The number of benzene rings is 1. The molecule has 2 aromatic heterocycles. The van der Waals surface area contributed by atoms with E-state index in [1.165, 1.54) is 0 Å². The van der Waals surface area contributed by atoms with Crippen LogP contribution in [0.15, 0.2) is 59.4 Å². The van der Waals surface area contributed by atoms with Gasteiger partial charge in [0.1, 0.15) is 0 Å². The van der Waals surface area contributed by atoms with Crippen LogP contribution in [0.4, 0.5) is 0 Å². The Morgan fingerprint density at radius 3 is 2.79 bits per heavy atom. The topological polar surface area (TPSA) is 89.2 Å². The second-order valence-electron chi connectivity index (χ2n) is 6.94. The first-order valence-corrected chi connectivity index (χ1v) is 11.0. The normalized spacial score (nSPS) is 17.8. The molecule has 1 atom stereocenters. The molecule has 4 rings (SSSR count). The SMILES string of the molecule is O=S(=O)(Cc1ccccc1)N1CCCC1CCc1noc(-c2cccnc2)n1. The zero-order valence-electron chi connectivity index (χ0n) is 15.4.